The van der Waals surface area contributed by atoms with Crippen molar-refractivity contribution in [2.45, 2.75) is 27.2 Å². The van der Waals surface area contributed by atoms with E-state index in [9.17, 15) is 9.59 Å². The van der Waals surface area contributed by atoms with Crippen LogP contribution in [0.2, 0.25) is 0 Å². The van der Waals surface area contributed by atoms with Crippen LogP contribution in [-0.2, 0) is 16.0 Å². The lowest BCUT2D eigenvalue weighted by atomic mass is 10.1. The minimum atomic E-state index is -0.333. The summed E-state index contributed by atoms with van der Waals surface area (Å²) in [6.45, 7) is 5.70. The Balaban J connectivity index is 1.79. The second kappa shape index (κ2) is 8.87. The van der Waals surface area contributed by atoms with Crippen molar-refractivity contribution in [1.29, 1.82) is 0 Å². The van der Waals surface area contributed by atoms with Crippen LogP contribution in [0.25, 0.3) is 0 Å². The maximum atomic E-state index is 12.0. The molecular weight excluding hydrogens is 316 g/mol. The van der Waals surface area contributed by atoms with Crippen LogP contribution in [0.3, 0.4) is 0 Å². The molecule has 2 amide bonds. The minimum absolute atomic E-state index is 0.0902. The van der Waals surface area contributed by atoms with Crippen LogP contribution in [0.4, 0.5) is 5.69 Å². The van der Waals surface area contributed by atoms with E-state index in [1.807, 2.05) is 63.2 Å². The molecule has 0 atom stereocenters. The molecule has 2 aromatic rings. The third kappa shape index (κ3) is 5.64. The predicted octanol–water partition coefficient (Wildman–Crippen LogP) is 3.00. The number of rotatable bonds is 7. The fourth-order valence-electron chi connectivity index (χ4n) is 2.38. The first kappa shape index (κ1) is 18.5. The SMILES string of the molecule is CCc1ccccc1NC(=O)CNC(=O)COc1cc(C)ccc1C. The monoisotopic (exact) mass is 340 g/mol. The summed E-state index contributed by atoms with van der Waals surface area (Å²) in [4.78, 5) is 23.9. The third-order valence-electron chi connectivity index (χ3n) is 3.82. The minimum Gasteiger partial charge on any atom is -0.483 e. The highest BCUT2D eigenvalue weighted by molar-refractivity contribution is 5.95. The Bertz CT molecular complexity index is 756. The van der Waals surface area contributed by atoms with Crippen LogP contribution in [0.5, 0.6) is 5.75 Å². The number of hydrogen-bond acceptors (Lipinski definition) is 3. The molecule has 0 unspecified atom stereocenters. The molecule has 0 bridgehead atoms. The molecule has 132 valence electrons. The number of carbonyl (C=O) groups is 2. The van der Waals surface area contributed by atoms with E-state index in [4.69, 9.17) is 4.74 Å². The summed E-state index contributed by atoms with van der Waals surface area (Å²) in [7, 11) is 0. The fourth-order valence-corrected chi connectivity index (χ4v) is 2.38. The van der Waals surface area contributed by atoms with E-state index in [2.05, 4.69) is 10.6 Å². The van der Waals surface area contributed by atoms with Gasteiger partial charge in [0, 0.05) is 5.69 Å². The van der Waals surface area contributed by atoms with Crippen molar-refractivity contribution in [3.05, 3.63) is 59.2 Å². The normalized spacial score (nSPS) is 10.2. The van der Waals surface area contributed by atoms with E-state index in [-0.39, 0.29) is 25.0 Å². The van der Waals surface area contributed by atoms with Crippen LogP contribution in [-0.4, -0.2) is 25.0 Å². The Hall–Kier alpha value is -2.82. The van der Waals surface area contributed by atoms with Gasteiger partial charge >= 0.3 is 0 Å². The lowest BCUT2D eigenvalue weighted by Gasteiger charge is -2.11. The van der Waals surface area contributed by atoms with Crippen molar-refractivity contribution in [1.82, 2.24) is 5.32 Å². The van der Waals surface area contributed by atoms with E-state index in [1.54, 1.807) is 0 Å². The van der Waals surface area contributed by atoms with Gasteiger partial charge in [0.1, 0.15) is 5.75 Å². The number of anilines is 1. The maximum absolute atomic E-state index is 12.0. The highest BCUT2D eigenvalue weighted by Crippen LogP contribution is 2.18. The van der Waals surface area contributed by atoms with Crippen LogP contribution >= 0.6 is 0 Å². The van der Waals surface area contributed by atoms with Gasteiger partial charge in [-0.3, -0.25) is 9.59 Å². The van der Waals surface area contributed by atoms with Crippen LogP contribution < -0.4 is 15.4 Å². The molecule has 0 saturated carbocycles. The molecule has 2 N–H and O–H groups in total. The zero-order valence-electron chi connectivity index (χ0n) is 14.9. The van der Waals surface area contributed by atoms with E-state index < -0.39 is 0 Å². The van der Waals surface area contributed by atoms with Crippen molar-refractivity contribution >= 4 is 17.5 Å². The summed E-state index contributed by atoms with van der Waals surface area (Å²) in [6, 6.07) is 13.4. The van der Waals surface area contributed by atoms with E-state index >= 15 is 0 Å². The number of benzene rings is 2. The number of nitrogens with one attached hydrogen (secondary N) is 2. The quantitative estimate of drug-likeness (QED) is 0.814. The Labute approximate surface area is 148 Å². The first-order chi connectivity index (χ1) is 12.0. The lowest BCUT2D eigenvalue weighted by molar-refractivity contribution is -0.125. The molecule has 0 aromatic heterocycles. The summed E-state index contributed by atoms with van der Waals surface area (Å²) in [5.74, 6) is 0.0808. The molecule has 0 heterocycles. The average Bonchev–Trinajstić information content (AvgIpc) is 2.61. The second-order valence-corrected chi connectivity index (χ2v) is 5.89. The molecule has 2 rings (SSSR count). The summed E-state index contributed by atoms with van der Waals surface area (Å²) in [5.41, 5.74) is 3.86. The van der Waals surface area contributed by atoms with Gasteiger partial charge in [-0.2, -0.15) is 0 Å². The number of para-hydroxylation sites is 1. The standard InChI is InChI=1S/C20H24N2O3/c1-4-16-7-5-6-8-17(16)22-19(23)12-21-20(24)13-25-18-11-14(2)9-10-15(18)3/h5-11H,4,12-13H2,1-3H3,(H,21,24)(H,22,23). The van der Waals surface area contributed by atoms with Crippen molar-refractivity contribution in [3.8, 4) is 5.75 Å². The summed E-state index contributed by atoms with van der Waals surface area (Å²) < 4.78 is 5.52. The van der Waals surface area contributed by atoms with Gasteiger partial charge in [-0.25, -0.2) is 0 Å². The first-order valence-electron chi connectivity index (χ1n) is 8.34. The zero-order chi connectivity index (χ0) is 18.2. The van der Waals surface area contributed by atoms with E-state index in [0.29, 0.717) is 5.75 Å². The van der Waals surface area contributed by atoms with Crippen molar-refractivity contribution in [2.24, 2.45) is 0 Å². The van der Waals surface area contributed by atoms with Crippen LogP contribution in [0.15, 0.2) is 42.5 Å². The molecule has 0 saturated heterocycles. The zero-order valence-corrected chi connectivity index (χ0v) is 14.9. The van der Waals surface area contributed by atoms with Gasteiger partial charge in [0.15, 0.2) is 6.61 Å². The molecule has 0 aliphatic heterocycles. The average molecular weight is 340 g/mol. The summed E-state index contributed by atoms with van der Waals surface area (Å²) in [5, 5.41) is 5.38. The van der Waals surface area contributed by atoms with Gasteiger partial charge in [0.25, 0.3) is 5.91 Å². The Kier molecular flexibility index (Phi) is 6.57. The van der Waals surface area contributed by atoms with Gasteiger partial charge < -0.3 is 15.4 Å². The van der Waals surface area contributed by atoms with Gasteiger partial charge in [-0.05, 0) is 49.1 Å². The fraction of sp³-hybridized carbons (Fsp3) is 0.300. The molecule has 0 fully saturated rings. The number of carbonyl (C=O) groups excluding carboxylic acids is 2. The van der Waals surface area contributed by atoms with Crippen LogP contribution in [0, 0.1) is 13.8 Å². The Morgan fingerprint density at radius 2 is 1.80 bits per heavy atom. The highest BCUT2D eigenvalue weighted by atomic mass is 16.5. The smallest absolute Gasteiger partial charge is 0.258 e. The van der Waals surface area contributed by atoms with Crippen molar-refractivity contribution in [2.75, 3.05) is 18.5 Å². The first-order valence-corrected chi connectivity index (χ1v) is 8.34. The topological polar surface area (TPSA) is 67.4 Å². The summed E-state index contributed by atoms with van der Waals surface area (Å²) >= 11 is 0. The molecule has 0 spiro atoms. The molecule has 5 nitrogen and oxygen atoms in total. The number of ether oxygens (including phenoxy) is 1. The molecule has 0 aliphatic carbocycles. The largest absolute Gasteiger partial charge is 0.483 e. The number of hydrogen-bond donors (Lipinski definition) is 2. The van der Waals surface area contributed by atoms with Crippen molar-refractivity contribution < 1.29 is 14.3 Å². The van der Waals surface area contributed by atoms with Crippen LogP contribution in [0.1, 0.15) is 23.6 Å². The summed E-state index contributed by atoms with van der Waals surface area (Å²) in [6.07, 6.45) is 0.826. The van der Waals surface area contributed by atoms with E-state index in [0.717, 1.165) is 28.8 Å². The Morgan fingerprint density at radius 3 is 2.56 bits per heavy atom. The van der Waals surface area contributed by atoms with E-state index in [1.165, 1.54) is 0 Å². The molecular formula is C20H24N2O3. The van der Waals surface area contributed by atoms with Gasteiger partial charge in [0.2, 0.25) is 5.91 Å². The Morgan fingerprint density at radius 1 is 1.04 bits per heavy atom. The third-order valence-corrected chi connectivity index (χ3v) is 3.82. The predicted molar refractivity (Wildman–Crippen MR) is 98.9 cm³/mol. The molecule has 5 heteroatoms. The number of amides is 2. The molecule has 0 aliphatic rings. The highest BCUT2D eigenvalue weighted by Gasteiger charge is 2.09. The lowest BCUT2D eigenvalue weighted by Crippen LogP contribution is -2.36. The second-order valence-electron chi connectivity index (χ2n) is 5.89. The van der Waals surface area contributed by atoms with Crippen molar-refractivity contribution in [3.63, 3.8) is 0 Å². The van der Waals surface area contributed by atoms with Gasteiger partial charge in [0.05, 0.1) is 6.54 Å². The van der Waals surface area contributed by atoms with Gasteiger partial charge in [-0.15, -0.1) is 0 Å². The molecule has 0 radical (unpaired) electrons. The number of aryl methyl sites for hydroxylation is 3. The molecule has 2 aromatic carbocycles. The maximum Gasteiger partial charge on any atom is 0.258 e. The van der Waals surface area contributed by atoms with Gasteiger partial charge in [-0.1, -0.05) is 37.3 Å². The molecule has 25 heavy (non-hydrogen) atoms.